The predicted octanol–water partition coefficient (Wildman–Crippen LogP) is 5.70. The third-order valence-corrected chi connectivity index (χ3v) is 9.03. The molecule has 0 aliphatic heterocycles. The highest BCUT2D eigenvalue weighted by Gasteiger charge is 2.60. The van der Waals surface area contributed by atoms with E-state index in [0.29, 0.717) is 30.1 Å². The summed E-state index contributed by atoms with van der Waals surface area (Å²) in [5, 5.41) is 30.5. The molecule has 3 N–H and O–H groups in total. The Balaban J connectivity index is 1.39. The second-order valence-corrected chi connectivity index (χ2v) is 10.4. The van der Waals surface area contributed by atoms with Gasteiger partial charge in [0.25, 0.3) is 0 Å². The van der Waals surface area contributed by atoms with Crippen LogP contribution in [0.15, 0.2) is 18.2 Å². The van der Waals surface area contributed by atoms with E-state index in [4.69, 9.17) is 5.11 Å². The molecule has 2 saturated carbocycles. The van der Waals surface area contributed by atoms with E-state index in [1.807, 2.05) is 12.1 Å². The van der Waals surface area contributed by atoms with Gasteiger partial charge in [0.2, 0.25) is 0 Å². The van der Waals surface area contributed by atoms with Crippen LogP contribution in [0.5, 0.6) is 5.75 Å². The zero-order valence-electron chi connectivity index (χ0n) is 18.2. The fraction of sp³-hybridized carbons (Fsp3) is 0.769. The Kier molecular flexibility index (Phi) is 6.27. The fourth-order valence-corrected chi connectivity index (χ4v) is 7.33. The van der Waals surface area contributed by atoms with E-state index in [-0.39, 0.29) is 5.41 Å². The normalized spacial score (nSPS) is 35.8. The highest BCUT2D eigenvalue weighted by atomic mass is 16.3. The summed E-state index contributed by atoms with van der Waals surface area (Å²) in [6, 6.07) is 6.01. The van der Waals surface area contributed by atoms with Crippen LogP contribution in [-0.4, -0.2) is 27.5 Å². The molecule has 2 fully saturated rings. The van der Waals surface area contributed by atoms with Gasteiger partial charge in [-0.2, -0.15) is 0 Å². The van der Waals surface area contributed by atoms with Crippen molar-refractivity contribution in [1.82, 2.24) is 0 Å². The summed E-state index contributed by atoms with van der Waals surface area (Å²) in [5.74, 6) is 2.34. The summed E-state index contributed by atoms with van der Waals surface area (Å²) in [4.78, 5) is 0. The van der Waals surface area contributed by atoms with Crippen molar-refractivity contribution in [3.05, 3.63) is 29.3 Å². The molecule has 3 nitrogen and oxygen atoms in total. The molecule has 0 radical (unpaired) electrons. The number of aliphatic hydroxyl groups excluding tert-OH is 1. The quantitative estimate of drug-likeness (QED) is 0.490. The van der Waals surface area contributed by atoms with E-state index in [0.717, 1.165) is 44.9 Å². The molecular weight excluding hydrogens is 360 g/mol. The minimum Gasteiger partial charge on any atom is -0.508 e. The van der Waals surface area contributed by atoms with Crippen molar-refractivity contribution < 1.29 is 15.3 Å². The lowest BCUT2D eigenvalue weighted by Gasteiger charge is -2.53. The average Bonchev–Trinajstić information content (AvgIpc) is 2.98. The molecule has 0 aromatic heterocycles. The highest BCUT2D eigenvalue weighted by Crippen LogP contribution is 2.65. The number of rotatable bonds is 8. The SMILES string of the molecule is C[C@]12CC[C@@H]3c4ccc(O)cc4CC[C@H]3[C@@H]1CC[C@]2(O)CCCCCCCCO. The van der Waals surface area contributed by atoms with E-state index in [2.05, 4.69) is 13.0 Å². The van der Waals surface area contributed by atoms with Crippen LogP contribution in [0.3, 0.4) is 0 Å². The number of aromatic hydroxyl groups is 1. The van der Waals surface area contributed by atoms with Crippen LogP contribution in [-0.2, 0) is 6.42 Å². The van der Waals surface area contributed by atoms with Crippen LogP contribution in [0.4, 0.5) is 0 Å². The Morgan fingerprint density at radius 3 is 2.52 bits per heavy atom. The first-order valence-electron chi connectivity index (χ1n) is 12.1. The smallest absolute Gasteiger partial charge is 0.115 e. The number of phenolic OH excluding ortho intramolecular Hbond substituents is 1. The Labute approximate surface area is 176 Å². The lowest BCUT2D eigenvalue weighted by atomic mass is 9.53. The third kappa shape index (κ3) is 3.85. The maximum absolute atomic E-state index is 11.7. The first kappa shape index (κ1) is 21.2. The van der Waals surface area contributed by atoms with E-state index < -0.39 is 5.60 Å². The zero-order valence-corrected chi connectivity index (χ0v) is 18.2. The lowest BCUT2D eigenvalue weighted by molar-refractivity contribution is -0.108. The van der Waals surface area contributed by atoms with Crippen LogP contribution >= 0.6 is 0 Å². The van der Waals surface area contributed by atoms with E-state index in [9.17, 15) is 10.2 Å². The van der Waals surface area contributed by atoms with Gasteiger partial charge in [-0.25, -0.2) is 0 Å². The zero-order chi connectivity index (χ0) is 20.5. The largest absolute Gasteiger partial charge is 0.508 e. The van der Waals surface area contributed by atoms with Gasteiger partial charge in [-0.05, 0) is 97.8 Å². The molecule has 5 atom stereocenters. The van der Waals surface area contributed by atoms with Gasteiger partial charge in [0, 0.05) is 6.61 Å². The minimum absolute atomic E-state index is 0.0689. The van der Waals surface area contributed by atoms with Crippen LogP contribution in [0, 0.1) is 17.3 Å². The van der Waals surface area contributed by atoms with Crippen molar-refractivity contribution in [2.45, 2.75) is 102 Å². The van der Waals surface area contributed by atoms with E-state index in [1.165, 1.54) is 49.7 Å². The first-order chi connectivity index (χ1) is 14.0. The van der Waals surface area contributed by atoms with Crippen molar-refractivity contribution in [2.75, 3.05) is 6.61 Å². The molecule has 0 amide bonds. The number of benzene rings is 1. The van der Waals surface area contributed by atoms with E-state index in [1.54, 1.807) is 0 Å². The molecule has 0 bridgehead atoms. The number of hydrogen-bond acceptors (Lipinski definition) is 3. The minimum atomic E-state index is -0.483. The van der Waals surface area contributed by atoms with E-state index >= 15 is 0 Å². The summed E-state index contributed by atoms with van der Waals surface area (Å²) in [6.07, 6.45) is 14.5. The van der Waals surface area contributed by atoms with Crippen molar-refractivity contribution in [3.8, 4) is 5.75 Å². The number of unbranched alkanes of at least 4 members (excludes halogenated alkanes) is 5. The molecule has 0 unspecified atom stereocenters. The topological polar surface area (TPSA) is 60.7 Å². The fourth-order valence-electron chi connectivity index (χ4n) is 7.33. The van der Waals surface area contributed by atoms with Gasteiger partial charge in [-0.1, -0.05) is 45.1 Å². The van der Waals surface area contributed by atoms with Gasteiger partial charge >= 0.3 is 0 Å². The Bertz CT molecular complexity index is 701. The second kappa shape index (κ2) is 8.59. The van der Waals surface area contributed by atoms with Crippen molar-refractivity contribution in [1.29, 1.82) is 0 Å². The molecule has 162 valence electrons. The number of aryl methyl sites for hydroxylation is 1. The molecule has 3 aliphatic rings. The summed E-state index contributed by atoms with van der Waals surface area (Å²) in [5.41, 5.74) is 2.41. The Hall–Kier alpha value is -1.06. The predicted molar refractivity (Wildman–Crippen MR) is 117 cm³/mol. The monoisotopic (exact) mass is 400 g/mol. The maximum Gasteiger partial charge on any atom is 0.115 e. The molecule has 1 aromatic carbocycles. The molecule has 0 saturated heterocycles. The van der Waals surface area contributed by atoms with Crippen molar-refractivity contribution >= 4 is 0 Å². The summed E-state index contributed by atoms with van der Waals surface area (Å²) in [7, 11) is 0. The molecule has 29 heavy (non-hydrogen) atoms. The molecule has 0 spiro atoms. The molecular formula is C26H40O3. The number of phenols is 1. The number of hydrogen-bond donors (Lipinski definition) is 3. The molecule has 3 aliphatic carbocycles. The molecule has 4 rings (SSSR count). The number of aliphatic hydroxyl groups is 2. The van der Waals surface area contributed by atoms with Crippen LogP contribution in [0.1, 0.15) is 101 Å². The molecule has 0 heterocycles. The summed E-state index contributed by atoms with van der Waals surface area (Å²) in [6.45, 7) is 2.71. The summed E-state index contributed by atoms with van der Waals surface area (Å²) < 4.78 is 0. The van der Waals surface area contributed by atoms with Crippen LogP contribution in [0.25, 0.3) is 0 Å². The Morgan fingerprint density at radius 1 is 0.966 bits per heavy atom. The molecule has 1 aromatic rings. The van der Waals surface area contributed by atoms with Gasteiger partial charge in [-0.15, -0.1) is 0 Å². The molecule has 3 heteroatoms. The maximum atomic E-state index is 11.7. The van der Waals surface area contributed by atoms with Gasteiger partial charge < -0.3 is 15.3 Å². The van der Waals surface area contributed by atoms with Gasteiger partial charge in [0.1, 0.15) is 5.75 Å². The Morgan fingerprint density at radius 2 is 1.72 bits per heavy atom. The van der Waals surface area contributed by atoms with Crippen molar-refractivity contribution in [3.63, 3.8) is 0 Å². The van der Waals surface area contributed by atoms with Gasteiger partial charge in [0.15, 0.2) is 0 Å². The van der Waals surface area contributed by atoms with Gasteiger partial charge in [0.05, 0.1) is 5.60 Å². The third-order valence-electron chi connectivity index (χ3n) is 9.03. The summed E-state index contributed by atoms with van der Waals surface area (Å²) >= 11 is 0. The van der Waals surface area contributed by atoms with Crippen LogP contribution < -0.4 is 0 Å². The first-order valence-corrected chi connectivity index (χ1v) is 12.1. The second-order valence-electron chi connectivity index (χ2n) is 10.4. The lowest BCUT2D eigenvalue weighted by Crippen LogP contribution is -2.50. The van der Waals surface area contributed by atoms with Crippen LogP contribution in [0.2, 0.25) is 0 Å². The average molecular weight is 401 g/mol. The van der Waals surface area contributed by atoms with Crippen molar-refractivity contribution in [2.24, 2.45) is 17.3 Å². The van der Waals surface area contributed by atoms with Gasteiger partial charge in [-0.3, -0.25) is 0 Å². The number of fused-ring (bicyclic) bond motifs is 5. The highest BCUT2D eigenvalue weighted by molar-refractivity contribution is 5.40. The standard InChI is InChI=1S/C26H40O3/c1-25-15-12-22-21-11-9-20(28)18-19(21)8-10-23(22)24(25)13-16-26(25,29)14-6-4-2-3-5-7-17-27/h9,11,18,22-24,27-29H,2-8,10,12-17H2,1H3/t22-,23-,24+,25+,26-/m1/s1.